The van der Waals surface area contributed by atoms with Crippen molar-refractivity contribution in [1.82, 2.24) is 0 Å². The zero-order valence-electron chi connectivity index (χ0n) is 45.2. The van der Waals surface area contributed by atoms with Gasteiger partial charge in [0.1, 0.15) is 6.61 Å². The molecule has 0 aliphatic carbocycles. The van der Waals surface area contributed by atoms with E-state index in [0.29, 0.717) is 19.4 Å². The second kappa shape index (κ2) is 59.1. The molecule has 394 valence electrons. The van der Waals surface area contributed by atoms with Gasteiger partial charge in [0.05, 0.1) is 6.61 Å². The molecule has 0 bridgehead atoms. The van der Waals surface area contributed by atoms with Gasteiger partial charge in [-0.2, -0.15) is 0 Å². The third kappa shape index (κ3) is 56.4. The molecule has 0 aliphatic heterocycles. The fourth-order valence-corrected chi connectivity index (χ4v) is 7.25. The molecule has 1 unspecified atom stereocenters. The summed E-state index contributed by atoms with van der Waals surface area (Å²) in [5.41, 5.74) is 0. The molecule has 0 saturated carbocycles. The van der Waals surface area contributed by atoms with Gasteiger partial charge in [-0.3, -0.25) is 9.59 Å². The van der Waals surface area contributed by atoms with Crippen molar-refractivity contribution in [3.8, 4) is 0 Å². The first-order chi connectivity index (χ1) is 34.6. The molecular weight excluding hydrogens is 861 g/mol. The zero-order chi connectivity index (χ0) is 50.6. The summed E-state index contributed by atoms with van der Waals surface area (Å²) in [7, 11) is 0. The number of esters is 2. The minimum Gasteiger partial charge on any atom is -0.462 e. The van der Waals surface area contributed by atoms with Crippen molar-refractivity contribution in [2.45, 2.75) is 232 Å². The summed E-state index contributed by atoms with van der Waals surface area (Å²) in [6.07, 6.45) is 85.8. The van der Waals surface area contributed by atoms with Crippen LogP contribution in [0.1, 0.15) is 226 Å². The first kappa shape index (κ1) is 65.8. The summed E-state index contributed by atoms with van der Waals surface area (Å²) in [5.74, 6) is -0.465. The van der Waals surface area contributed by atoms with E-state index in [1.54, 1.807) is 0 Å². The van der Waals surface area contributed by atoms with Crippen molar-refractivity contribution in [2.24, 2.45) is 0 Å². The largest absolute Gasteiger partial charge is 0.462 e. The van der Waals surface area contributed by atoms with Gasteiger partial charge in [-0.05, 0) is 135 Å². The maximum Gasteiger partial charge on any atom is 0.306 e. The van der Waals surface area contributed by atoms with Gasteiger partial charge in [0.2, 0.25) is 0 Å². The Morgan fingerprint density at radius 3 is 0.971 bits per heavy atom. The summed E-state index contributed by atoms with van der Waals surface area (Å²) >= 11 is 0. The van der Waals surface area contributed by atoms with Gasteiger partial charge in [0.25, 0.3) is 0 Å². The molecule has 0 rings (SSSR count). The predicted molar refractivity (Wildman–Crippen MR) is 306 cm³/mol. The highest BCUT2D eigenvalue weighted by atomic mass is 16.6. The van der Waals surface area contributed by atoms with Crippen LogP contribution in [0.4, 0.5) is 0 Å². The molecule has 0 fully saturated rings. The maximum atomic E-state index is 12.9. The number of carbonyl (C=O) groups is 2. The summed E-state index contributed by atoms with van der Waals surface area (Å²) < 4.78 is 17.4. The number of hydrogen-bond acceptors (Lipinski definition) is 5. The molecule has 0 saturated heterocycles. The van der Waals surface area contributed by atoms with Crippen LogP contribution in [-0.4, -0.2) is 37.9 Å². The van der Waals surface area contributed by atoms with E-state index in [-0.39, 0.29) is 25.2 Å². The molecule has 70 heavy (non-hydrogen) atoms. The molecule has 0 radical (unpaired) electrons. The number of unbranched alkanes of at least 4 members (excludes halogenated alkanes) is 15. The van der Waals surface area contributed by atoms with E-state index in [2.05, 4.69) is 167 Å². The van der Waals surface area contributed by atoms with Crippen LogP contribution in [0.5, 0.6) is 0 Å². The van der Waals surface area contributed by atoms with Crippen molar-refractivity contribution in [3.05, 3.63) is 146 Å². The van der Waals surface area contributed by atoms with Gasteiger partial charge in [-0.1, -0.05) is 224 Å². The van der Waals surface area contributed by atoms with Crippen molar-refractivity contribution in [2.75, 3.05) is 19.8 Å². The molecule has 0 aromatic rings. The highest BCUT2D eigenvalue weighted by Crippen LogP contribution is 2.13. The molecule has 0 amide bonds. The number of ether oxygens (including phenoxy) is 3. The van der Waals surface area contributed by atoms with E-state index < -0.39 is 6.10 Å². The smallest absolute Gasteiger partial charge is 0.306 e. The Balaban J connectivity index is 4.43. The Morgan fingerprint density at radius 2 is 0.600 bits per heavy atom. The van der Waals surface area contributed by atoms with Crippen LogP contribution in [0.15, 0.2) is 146 Å². The molecule has 1 atom stereocenters. The van der Waals surface area contributed by atoms with Crippen LogP contribution in [0, 0.1) is 0 Å². The standard InChI is InChI=1S/C65H104O5/c1-4-7-10-13-16-19-22-25-28-31-33-35-37-40-43-46-49-52-55-58-64(66)69-62-63(61-68-60-57-54-51-48-45-42-39-36-32-29-26-23-20-17-14-11-8-5-2)70-65(67)59-56-53-50-47-44-41-38-34-30-27-24-21-18-15-12-9-6-3/h7-12,16-21,25-30,33,35-36,39-40,43,63H,4-6,13-15,22-24,31-32,34,37-38,41-42,44-62H2,1-3H3/b10-7-,11-8-,12-9-,19-16-,20-17-,21-18-,28-25-,29-26-,30-27-,35-33-,39-36-,43-40-. The van der Waals surface area contributed by atoms with Crippen LogP contribution < -0.4 is 0 Å². The molecule has 0 aromatic heterocycles. The van der Waals surface area contributed by atoms with Crippen LogP contribution >= 0.6 is 0 Å². The minimum absolute atomic E-state index is 0.0461. The Labute approximate surface area is 431 Å². The number of allylic oxidation sites excluding steroid dienone is 24. The third-order valence-electron chi connectivity index (χ3n) is 11.4. The number of hydrogen-bond donors (Lipinski definition) is 0. The van der Waals surface area contributed by atoms with Crippen molar-refractivity contribution >= 4 is 11.9 Å². The van der Waals surface area contributed by atoms with E-state index in [1.165, 1.54) is 44.9 Å². The fourth-order valence-electron chi connectivity index (χ4n) is 7.25. The SMILES string of the molecule is CC/C=C\C/C=C\C/C=C\C/C=C\C/C=C\CCCCCC(=O)OCC(COCCCCCCC/C=C\C/C=C\C/C=C\C/C=C\CC)OC(=O)CCCCCCCCC/C=C\C/C=C\C/C=C\CC. The maximum absolute atomic E-state index is 12.9. The van der Waals surface area contributed by atoms with E-state index in [0.717, 1.165) is 148 Å². The molecular formula is C65H104O5. The number of rotatable bonds is 50. The zero-order valence-corrected chi connectivity index (χ0v) is 45.2. The molecule has 0 aromatic carbocycles. The number of carbonyl (C=O) groups excluding carboxylic acids is 2. The van der Waals surface area contributed by atoms with E-state index >= 15 is 0 Å². The lowest BCUT2D eigenvalue weighted by molar-refractivity contribution is -0.163. The Hall–Kier alpha value is -4.22. The van der Waals surface area contributed by atoms with E-state index in [4.69, 9.17) is 14.2 Å². The fraction of sp³-hybridized carbons (Fsp3) is 0.600. The predicted octanol–water partition coefficient (Wildman–Crippen LogP) is 19.7. The molecule has 0 aliphatic rings. The second-order valence-corrected chi connectivity index (χ2v) is 18.0. The molecule has 5 heteroatoms. The molecule has 0 N–H and O–H groups in total. The van der Waals surface area contributed by atoms with E-state index in [1.807, 2.05) is 0 Å². The molecule has 0 spiro atoms. The van der Waals surface area contributed by atoms with E-state index in [9.17, 15) is 9.59 Å². The lowest BCUT2D eigenvalue weighted by atomic mass is 10.1. The van der Waals surface area contributed by atoms with Gasteiger partial charge in [0.15, 0.2) is 6.10 Å². The van der Waals surface area contributed by atoms with Crippen molar-refractivity contribution in [1.29, 1.82) is 0 Å². The lowest BCUT2D eigenvalue weighted by Gasteiger charge is -2.18. The van der Waals surface area contributed by atoms with Gasteiger partial charge in [0, 0.05) is 19.4 Å². The van der Waals surface area contributed by atoms with Crippen molar-refractivity contribution in [3.63, 3.8) is 0 Å². The Morgan fingerprint density at radius 1 is 0.314 bits per heavy atom. The van der Waals surface area contributed by atoms with Gasteiger partial charge >= 0.3 is 11.9 Å². The first-order valence-corrected chi connectivity index (χ1v) is 28.4. The monoisotopic (exact) mass is 965 g/mol. The Bertz CT molecular complexity index is 1510. The first-order valence-electron chi connectivity index (χ1n) is 28.4. The van der Waals surface area contributed by atoms with Crippen LogP contribution in [0.25, 0.3) is 0 Å². The van der Waals surface area contributed by atoms with Crippen molar-refractivity contribution < 1.29 is 23.8 Å². The summed E-state index contributed by atoms with van der Waals surface area (Å²) in [6.45, 7) is 7.39. The average Bonchev–Trinajstić information content (AvgIpc) is 3.36. The highest BCUT2D eigenvalue weighted by molar-refractivity contribution is 5.70. The van der Waals surface area contributed by atoms with Crippen LogP contribution in [0.2, 0.25) is 0 Å². The molecule has 0 heterocycles. The molecule has 5 nitrogen and oxygen atoms in total. The van der Waals surface area contributed by atoms with Crippen LogP contribution in [-0.2, 0) is 23.8 Å². The van der Waals surface area contributed by atoms with Gasteiger partial charge in [-0.25, -0.2) is 0 Å². The van der Waals surface area contributed by atoms with Gasteiger partial charge in [-0.15, -0.1) is 0 Å². The van der Waals surface area contributed by atoms with Crippen LogP contribution in [0.3, 0.4) is 0 Å². The third-order valence-corrected chi connectivity index (χ3v) is 11.4. The van der Waals surface area contributed by atoms with Gasteiger partial charge < -0.3 is 14.2 Å². The Kier molecular flexibility index (Phi) is 55.5. The summed E-state index contributed by atoms with van der Waals surface area (Å²) in [5, 5.41) is 0. The minimum atomic E-state index is -0.578. The quantitative estimate of drug-likeness (QED) is 0.0345. The second-order valence-electron chi connectivity index (χ2n) is 18.0. The highest BCUT2D eigenvalue weighted by Gasteiger charge is 2.17. The summed E-state index contributed by atoms with van der Waals surface area (Å²) in [6, 6.07) is 0. The average molecular weight is 966 g/mol. The normalized spacial score (nSPS) is 13.4. The summed E-state index contributed by atoms with van der Waals surface area (Å²) in [4.78, 5) is 25.5. The topological polar surface area (TPSA) is 61.8 Å². The lowest BCUT2D eigenvalue weighted by Crippen LogP contribution is -2.30.